The van der Waals surface area contributed by atoms with Gasteiger partial charge in [-0.15, -0.1) is 0 Å². The van der Waals surface area contributed by atoms with E-state index in [1.54, 1.807) is 13.1 Å². The van der Waals surface area contributed by atoms with Gasteiger partial charge in [0, 0.05) is 12.6 Å². The van der Waals surface area contributed by atoms with Crippen LogP contribution in [0.2, 0.25) is 0 Å². The maximum Gasteiger partial charge on any atom is 0.0928 e. The van der Waals surface area contributed by atoms with Crippen molar-refractivity contribution in [3.8, 4) is 0 Å². The van der Waals surface area contributed by atoms with Crippen molar-refractivity contribution < 1.29 is 0 Å². The smallest absolute Gasteiger partial charge is 0.0928 e. The summed E-state index contributed by atoms with van der Waals surface area (Å²) >= 11 is 0. The monoisotopic (exact) mass is 294 g/mol. The van der Waals surface area contributed by atoms with Crippen LogP contribution in [0.4, 0.5) is 11.4 Å². The van der Waals surface area contributed by atoms with Crippen LogP contribution in [-0.4, -0.2) is 7.05 Å². The first-order chi connectivity index (χ1) is 10.7. The molecular formula is C18H22N4. The Morgan fingerprint density at radius 2 is 1.82 bits per heavy atom. The van der Waals surface area contributed by atoms with Gasteiger partial charge in [0.25, 0.3) is 0 Å². The van der Waals surface area contributed by atoms with Gasteiger partial charge >= 0.3 is 0 Å². The van der Waals surface area contributed by atoms with E-state index in [1.807, 2.05) is 63.3 Å². The van der Waals surface area contributed by atoms with E-state index in [2.05, 4.69) is 27.0 Å². The third kappa shape index (κ3) is 4.74. The Balaban J connectivity index is 3.29. The number of nitrogens with zero attached hydrogens (tertiary/aromatic N) is 4. The van der Waals surface area contributed by atoms with E-state index in [0.717, 1.165) is 28.2 Å². The first-order valence-corrected chi connectivity index (χ1v) is 7.11. The Kier molecular flexibility index (Phi) is 7.40. The summed E-state index contributed by atoms with van der Waals surface area (Å²) in [6, 6.07) is 3.80. The largest absolute Gasteiger partial charge is 0.192 e. The highest BCUT2D eigenvalue weighted by Gasteiger charge is 2.07. The molecule has 1 aromatic rings. The molecule has 0 N–H and O–H groups in total. The van der Waals surface area contributed by atoms with Crippen LogP contribution in [0, 0.1) is 6.92 Å². The van der Waals surface area contributed by atoms with Crippen LogP contribution in [0.5, 0.6) is 0 Å². The van der Waals surface area contributed by atoms with Gasteiger partial charge < -0.3 is 0 Å². The topological polar surface area (TPSA) is 49.4 Å². The second-order valence-electron chi connectivity index (χ2n) is 4.47. The molecule has 1 aromatic carbocycles. The second kappa shape index (κ2) is 9.34. The van der Waals surface area contributed by atoms with Crippen LogP contribution >= 0.6 is 0 Å². The summed E-state index contributed by atoms with van der Waals surface area (Å²) in [5.74, 6) is 0. The third-order valence-corrected chi connectivity index (χ3v) is 2.90. The Hall–Kier alpha value is -2.62. The van der Waals surface area contributed by atoms with Crippen molar-refractivity contribution in [1.82, 2.24) is 0 Å². The van der Waals surface area contributed by atoms with Gasteiger partial charge in [-0.3, -0.25) is 0 Å². The van der Waals surface area contributed by atoms with E-state index in [4.69, 9.17) is 0 Å². The summed E-state index contributed by atoms with van der Waals surface area (Å²) < 4.78 is 0. The highest BCUT2D eigenvalue weighted by molar-refractivity contribution is 5.72. The van der Waals surface area contributed by atoms with Crippen LogP contribution in [-0.2, 0) is 0 Å². The van der Waals surface area contributed by atoms with Crippen LogP contribution in [0.15, 0.2) is 75.2 Å². The van der Waals surface area contributed by atoms with Crippen molar-refractivity contribution in [2.75, 3.05) is 7.05 Å². The number of benzene rings is 1. The van der Waals surface area contributed by atoms with Crippen molar-refractivity contribution in [3.05, 3.63) is 65.9 Å². The fourth-order valence-corrected chi connectivity index (χ4v) is 1.91. The lowest BCUT2D eigenvalue weighted by Gasteiger charge is -2.07. The third-order valence-electron chi connectivity index (χ3n) is 2.90. The highest BCUT2D eigenvalue weighted by Crippen LogP contribution is 2.32. The maximum atomic E-state index is 4.34. The molecule has 0 radical (unpaired) electrons. The molecule has 0 heterocycles. The average molecular weight is 294 g/mol. The van der Waals surface area contributed by atoms with Gasteiger partial charge in [0.2, 0.25) is 0 Å². The first kappa shape index (κ1) is 17.4. The predicted molar refractivity (Wildman–Crippen MR) is 93.9 cm³/mol. The van der Waals surface area contributed by atoms with Crippen molar-refractivity contribution in [2.45, 2.75) is 20.8 Å². The number of rotatable bonds is 6. The quantitative estimate of drug-likeness (QED) is 0.426. The molecule has 22 heavy (non-hydrogen) atoms. The van der Waals surface area contributed by atoms with Gasteiger partial charge in [-0.2, -0.15) is 20.5 Å². The van der Waals surface area contributed by atoms with E-state index in [0.29, 0.717) is 0 Å². The summed E-state index contributed by atoms with van der Waals surface area (Å²) in [7, 11) is 1.66. The summed E-state index contributed by atoms with van der Waals surface area (Å²) in [5.41, 5.74) is 4.41. The molecule has 0 spiro atoms. The minimum absolute atomic E-state index is 0.752. The number of azo groups is 2. The van der Waals surface area contributed by atoms with E-state index < -0.39 is 0 Å². The first-order valence-electron chi connectivity index (χ1n) is 7.11. The summed E-state index contributed by atoms with van der Waals surface area (Å²) in [6.07, 6.45) is 11.3. The van der Waals surface area contributed by atoms with E-state index in [1.165, 1.54) is 0 Å². The summed E-state index contributed by atoms with van der Waals surface area (Å²) in [4.78, 5) is 0. The molecular weight excluding hydrogens is 272 g/mol. The van der Waals surface area contributed by atoms with Crippen LogP contribution < -0.4 is 0 Å². The molecule has 0 fully saturated rings. The number of hydrogen-bond donors (Lipinski definition) is 0. The van der Waals surface area contributed by atoms with E-state index >= 15 is 0 Å². The average Bonchev–Trinajstić information content (AvgIpc) is 2.50. The minimum Gasteiger partial charge on any atom is -0.192 e. The van der Waals surface area contributed by atoms with Crippen molar-refractivity contribution in [1.29, 1.82) is 0 Å². The lowest BCUT2D eigenvalue weighted by atomic mass is 10.0. The lowest BCUT2D eigenvalue weighted by Crippen LogP contribution is -1.83. The molecule has 0 aromatic heterocycles. The standard InChI is InChI=1S/C18H22N4/c1-6-9-15(10-7-2)20-22-17-12-13-18(21-19-5)16(11-8-3)14(17)4/h6-13H,1H2,2-5H3/b10-7-,11-8-,15-9+,21-19?,22-20?. The molecule has 0 aliphatic heterocycles. The molecule has 0 saturated carbocycles. The zero-order chi connectivity index (χ0) is 16.4. The molecule has 0 unspecified atom stereocenters. The molecule has 4 heteroatoms. The van der Waals surface area contributed by atoms with Crippen molar-refractivity contribution in [2.24, 2.45) is 20.5 Å². The zero-order valence-electron chi connectivity index (χ0n) is 13.6. The molecule has 0 saturated heterocycles. The highest BCUT2D eigenvalue weighted by atomic mass is 15.1. The van der Waals surface area contributed by atoms with Crippen molar-refractivity contribution in [3.63, 3.8) is 0 Å². The van der Waals surface area contributed by atoms with E-state index in [-0.39, 0.29) is 0 Å². The zero-order valence-corrected chi connectivity index (χ0v) is 13.6. The van der Waals surface area contributed by atoms with E-state index in [9.17, 15) is 0 Å². The Morgan fingerprint density at radius 3 is 2.41 bits per heavy atom. The number of allylic oxidation sites excluding steroid dienone is 5. The molecule has 0 aliphatic carbocycles. The fourth-order valence-electron chi connectivity index (χ4n) is 1.91. The predicted octanol–water partition coefficient (Wildman–Crippen LogP) is 6.47. The van der Waals surface area contributed by atoms with Gasteiger partial charge in [0.15, 0.2) is 0 Å². The van der Waals surface area contributed by atoms with Crippen LogP contribution in [0.1, 0.15) is 25.0 Å². The molecule has 0 bridgehead atoms. The molecule has 1 rings (SSSR count). The Morgan fingerprint density at radius 1 is 1.09 bits per heavy atom. The van der Waals surface area contributed by atoms with Crippen molar-refractivity contribution >= 4 is 17.5 Å². The summed E-state index contributed by atoms with van der Waals surface area (Å²) in [6.45, 7) is 9.59. The molecule has 0 atom stereocenters. The van der Waals surface area contributed by atoms with Gasteiger partial charge in [-0.1, -0.05) is 30.9 Å². The lowest BCUT2D eigenvalue weighted by molar-refractivity contribution is 1.13. The maximum absolute atomic E-state index is 4.34. The molecule has 0 amide bonds. The Labute approximate surface area is 132 Å². The van der Waals surface area contributed by atoms with Gasteiger partial charge in [-0.05, 0) is 50.6 Å². The normalized spacial score (nSPS) is 13.2. The number of hydrogen-bond acceptors (Lipinski definition) is 4. The van der Waals surface area contributed by atoms with Gasteiger partial charge in [-0.25, -0.2) is 0 Å². The van der Waals surface area contributed by atoms with Gasteiger partial charge in [0.05, 0.1) is 17.1 Å². The van der Waals surface area contributed by atoms with Crippen LogP contribution in [0.25, 0.3) is 6.08 Å². The van der Waals surface area contributed by atoms with Crippen LogP contribution in [0.3, 0.4) is 0 Å². The SMILES string of the molecule is C=C/C=C(\C=C/C)N=Nc1ccc(N=NC)c(/C=C\C)c1C. The minimum atomic E-state index is 0.752. The molecule has 4 nitrogen and oxygen atoms in total. The molecule has 114 valence electrons. The molecule has 0 aliphatic rings. The fraction of sp³-hybridized carbons (Fsp3) is 0.222. The Bertz CT molecular complexity index is 662. The van der Waals surface area contributed by atoms with Gasteiger partial charge in [0.1, 0.15) is 0 Å². The second-order valence-corrected chi connectivity index (χ2v) is 4.47. The summed E-state index contributed by atoms with van der Waals surface area (Å²) in [5, 5.41) is 16.6.